The molecule has 0 spiro atoms. The third-order valence-corrected chi connectivity index (χ3v) is 15.2. The van der Waals surface area contributed by atoms with Crippen LogP contribution in [0.1, 0.15) is 63.2 Å². The summed E-state index contributed by atoms with van der Waals surface area (Å²) in [7, 11) is 0. The smallest absolute Gasteiger partial charge is 0.369 e. The second kappa shape index (κ2) is 21.3. The van der Waals surface area contributed by atoms with Crippen molar-refractivity contribution in [3.05, 3.63) is 167 Å². The van der Waals surface area contributed by atoms with Crippen molar-refractivity contribution in [2.75, 3.05) is 86.7 Å². The summed E-state index contributed by atoms with van der Waals surface area (Å²) in [6.45, 7) is 16.6. The lowest BCUT2D eigenvalue weighted by Crippen LogP contribution is -2.47. The Hall–Kier alpha value is -8.27. The van der Waals surface area contributed by atoms with Crippen LogP contribution in [0.15, 0.2) is 133 Å². The van der Waals surface area contributed by atoms with Gasteiger partial charge in [0.1, 0.15) is 0 Å². The summed E-state index contributed by atoms with van der Waals surface area (Å²) in [4.78, 5) is 54.4. The molecule has 4 heterocycles. The molecular weight excluding hydrogens is 986 g/mol. The number of benzene rings is 6. The molecule has 4 N–H and O–H groups in total. The van der Waals surface area contributed by atoms with Crippen molar-refractivity contribution in [2.45, 2.75) is 40.3 Å². The summed E-state index contributed by atoms with van der Waals surface area (Å²) in [6, 6.07) is 44.1. The van der Waals surface area contributed by atoms with Crippen molar-refractivity contribution in [2.24, 2.45) is 5.92 Å². The Balaban J connectivity index is 0.000000166. The maximum Gasteiger partial charge on any atom is 0.390 e. The van der Waals surface area contributed by atoms with Crippen molar-refractivity contribution in [1.82, 2.24) is 29.7 Å². The topological polar surface area (TPSA) is 151 Å². The summed E-state index contributed by atoms with van der Waals surface area (Å²) >= 11 is 0. The summed E-state index contributed by atoms with van der Waals surface area (Å²) in [5, 5.41) is 0. The van der Waals surface area contributed by atoms with Crippen LogP contribution in [0.5, 0.6) is 0 Å². The number of carbonyl (C=O) groups is 2. The van der Waals surface area contributed by atoms with Gasteiger partial charge in [-0.15, -0.1) is 0 Å². The number of ketones is 2. The highest BCUT2D eigenvalue weighted by molar-refractivity contribution is 6.26. The van der Waals surface area contributed by atoms with Gasteiger partial charge in [-0.3, -0.25) is 19.4 Å². The van der Waals surface area contributed by atoms with E-state index in [2.05, 4.69) is 78.8 Å². The highest BCUT2D eigenvalue weighted by Crippen LogP contribution is 2.47. The molecule has 12 rings (SSSR count). The van der Waals surface area contributed by atoms with E-state index in [0.717, 1.165) is 94.0 Å². The number of anilines is 4. The monoisotopic (exact) mass is 1050 g/mol. The molecular formula is C63H61F3N10O2. The third kappa shape index (κ3) is 10.5. The molecule has 2 aliphatic heterocycles. The predicted octanol–water partition coefficient (Wildman–Crippen LogP) is 11.7. The molecule has 15 heteroatoms. The molecule has 0 amide bonds. The average Bonchev–Trinajstić information content (AvgIpc) is 4.05. The fourth-order valence-electron chi connectivity index (χ4n) is 11.3. The van der Waals surface area contributed by atoms with Crippen molar-refractivity contribution in [3.63, 3.8) is 0 Å². The molecule has 0 bridgehead atoms. The molecule has 2 saturated heterocycles. The summed E-state index contributed by atoms with van der Waals surface area (Å²) in [5.41, 5.74) is 28.4. The van der Waals surface area contributed by atoms with Gasteiger partial charge in [-0.1, -0.05) is 134 Å². The van der Waals surface area contributed by atoms with Crippen molar-refractivity contribution in [1.29, 1.82) is 0 Å². The molecule has 0 saturated carbocycles. The first-order valence-corrected chi connectivity index (χ1v) is 26.6. The van der Waals surface area contributed by atoms with Crippen LogP contribution >= 0.6 is 0 Å². The molecule has 12 nitrogen and oxygen atoms in total. The van der Waals surface area contributed by atoms with Crippen molar-refractivity contribution in [3.8, 4) is 67.3 Å². The number of nitrogens with zero attached hydrogens (tertiary/aromatic N) is 8. The number of hydrogen-bond acceptors (Lipinski definition) is 12. The van der Waals surface area contributed by atoms with E-state index in [1.165, 1.54) is 5.69 Å². The molecule has 0 atom stereocenters. The number of halogens is 3. The molecule has 78 heavy (non-hydrogen) atoms. The number of hydrogen-bond donors (Lipinski definition) is 2. The second-order valence-corrected chi connectivity index (χ2v) is 21.1. The molecule has 6 aromatic carbocycles. The zero-order chi connectivity index (χ0) is 54.4. The molecule has 2 aromatic heterocycles. The van der Waals surface area contributed by atoms with E-state index >= 15 is 0 Å². The SMILES string of the molecule is Cc1ccc(-c2nc(N)nc3c2C(=O)c2cccc(-c4ccc(N5CCN(CC(C)C)CC5)cc4)c2-3)cc1.Cc1ccc(-c2nc(N)nc3c2C(=O)c2cccc(-c4ccc(N5CCN(CCC(F)(F)F)CC5)cc4)c2-3)cc1. The number of carbonyl (C=O) groups excluding carboxylic acids is 2. The van der Waals surface area contributed by atoms with E-state index in [1.807, 2.05) is 122 Å². The minimum absolute atomic E-state index is 0.0370. The molecule has 396 valence electrons. The summed E-state index contributed by atoms with van der Waals surface area (Å²) < 4.78 is 37.7. The molecule has 4 aliphatic rings. The molecule has 0 radical (unpaired) electrons. The van der Waals surface area contributed by atoms with Crippen LogP contribution in [-0.4, -0.2) is 113 Å². The van der Waals surface area contributed by atoms with Crippen LogP contribution in [0.25, 0.3) is 67.3 Å². The quantitative estimate of drug-likeness (QED) is 0.134. The third-order valence-electron chi connectivity index (χ3n) is 15.2. The normalized spacial score (nSPS) is 15.2. The Morgan fingerprint density at radius 3 is 1.21 bits per heavy atom. The number of aromatic nitrogens is 4. The van der Waals surface area contributed by atoms with Crippen LogP contribution in [0.3, 0.4) is 0 Å². The number of aryl methyl sites for hydroxylation is 2. The fraction of sp³-hybridized carbons (Fsp3) is 0.270. The van der Waals surface area contributed by atoms with Gasteiger partial charge >= 0.3 is 6.18 Å². The Kier molecular flexibility index (Phi) is 14.1. The number of nitrogens with two attached hydrogens (primary N) is 2. The average molecular weight is 1050 g/mol. The number of rotatable bonds is 10. The first kappa shape index (κ1) is 51.8. The van der Waals surface area contributed by atoms with Gasteiger partial charge in [0.2, 0.25) is 11.9 Å². The van der Waals surface area contributed by atoms with Gasteiger partial charge in [-0.25, -0.2) is 19.9 Å². The first-order valence-electron chi connectivity index (χ1n) is 26.6. The zero-order valence-corrected chi connectivity index (χ0v) is 44.2. The minimum Gasteiger partial charge on any atom is -0.369 e. The minimum atomic E-state index is -4.13. The second-order valence-electron chi connectivity index (χ2n) is 21.1. The molecule has 8 aromatic rings. The molecule has 0 unspecified atom stereocenters. The van der Waals surface area contributed by atoms with E-state index in [9.17, 15) is 22.8 Å². The van der Waals surface area contributed by atoms with E-state index in [-0.39, 0.29) is 30.0 Å². The standard InChI is InChI=1S/C32H33N5O.C31H28F3N5O/c1-20(2)19-36-15-17-37(18-16-36)24-13-11-22(12-14-24)25-5-4-6-26-27(25)30-28(31(26)38)29(34-32(33)35-30)23-9-7-21(3)8-10-23;1-19-5-7-21(8-6-19)27-26-28(37-30(35)36-27)25-23(3-2-4-24(25)29(26)40)20-9-11-22(12-10-20)39-17-15-38(16-18-39)14-13-31(32,33)34/h4-14,20H,15-19H2,1-3H3,(H2,33,34,35);2-12H,13-18H2,1H3,(H2,35,36,37). The zero-order valence-electron chi connectivity index (χ0n) is 44.2. The lowest BCUT2D eigenvalue weighted by molar-refractivity contribution is -0.138. The van der Waals surface area contributed by atoms with Crippen LogP contribution < -0.4 is 21.3 Å². The highest BCUT2D eigenvalue weighted by atomic mass is 19.4. The lowest BCUT2D eigenvalue weighted by Gasteiger charge is -2.36. The number of alkyl halides is 3. The van der Waals surface area contributed by atoms with Crippen LogP contribution in [0, 0.1) is 19.8 Å². The fourth-order valence-corrected chi connectivity index (χ4v) is 11.3. The van der Waals surface area contributed by atoms with Crippen molar-refractivity contribution >= 4 is 34.8 Å². The van der Waals surface area contributed by atoms with Gasteiger partial charge in [0, 0.05) is 110 Å². The van der Waals surface area contributed by atoms with Crippen LogP contribution in [-0.2, 0) is 0 Å². The maximum absolute atomic E-state index is 13.7. The van der Waals surface area contributed by atoms with Gasteiger partial charge in [0.05, 0.1) is 40.3 Å². The number of fused-ring (bicyclic) bond motifs is 6. The van der Waals surface area contributed by atoms with Crippen LogP contribution in [0.2, 0.25) is 0 Å². The number of piperazine rings is 2. The Bertz CT molecular complexity index is 3550. The first-order chi connectivity index (χ1) is 37.6. The van der Waals surface area contributed by atoms with Gasteiger partial charge in [0.15, 0.2) is 11.6 Å². The van der Waals surface area contributed by atoms with Gasteiger partial charge in [0.25, 0.3) is 0 Å². The van der Waals surface area contributed by atoms with E-state index in [0.29, 0.717) is 77.1 Å². The predicted molar refractivity (Wildman–Crippen MR) is 305 cm³/mol. The van der Waals surface area contributed by atoms with Gasteiger partial charge in [-0.05, 0) is 66.3 Å². The van der Waals surface area contributed by atoms with E-state index in [4.69, 9.17) is 11.5 Å². The van der Waals surface area contributed by atoms with Crippen LogP contribution in [0.4, 0.5) is 36.4 Å². The molecule has 2 fully saturated rings. The highest BCUT2D eigenvalue weighted by Gasteiger charge is 2.37. The van der Waals surface area contributed by atoms with Gasteiger partial charge in [-0.2, -0.15) is 13.2 Å². The summed E-state index contributed by atoms with van der Waals surface area (Å²) in [5.74, 6) is 0.793. The van der Waals surface area contributed by atoms with Gasteiger partial charge < -0.3 is 21.3 Å². The molecule has 2 aliphatic carbocycles. The lowest BCUT2D eigenvalue weighted by atomic mass is 9.96. The summed E-state index contributed by atoms with van der Waals surface area (Å²) in [6.07, 6.45) is -4.91. The Labute approximate surface area is 452 Å². The van der Waals surface area contributed by atoms with E-state index in [1.54, 1.807) is 0 Å². The largest absolute Gasteiger partial charge is 0.390 e. The van der Waals surface area contributed by atoms with Crippen molar-refractivity contribution < 1.29 is 22.8 Å². The Morgan fingerprint density at radius 2 is 0.821 bits per heavy atom. The maximum atomic E-state index is 13.7. The number of nitrogen functional groups attached to an aromatic ring is 2. The Morgan fingerprint density at radius 1 is 0.462 bits per heavy atom. The van der Waals surface area contributed by atoms with E-state index < -0.39 is 12.6 Å².